The average Bonchev–Trinajstić information content (AvgIpc) is 2.37. The number of ether oxygens (including phenoxy) is 1. The second-order valence-corrected chi connectivity index (χ2v) is 5.37. The predicted octanol–water partition coefficient (Wildman–Crippen LogP) is 1.86. The molecule has 0 bridgehead atoms. The number of hydrogen-bond donors (Lipinski definition) is 1. The summed E-state index contributed by atoms with van der Waals surface area (Å²) in [5.74, 6) is -1.76. The van der Waals surface area contributed by atoms with Crippen LogP contribution < -0.4 is 15.0 Å². The second-order valence-electron chi connectivity index (χ2n) is 5.37. The van der Waals surface area contributed by atoms with E-state index >= 15 is 0 Å². The lowest BCUT2D eigenvalue weighted by molar-refractivity contribution is -0.136. The van der Waals surface area contributed by atoms with E-state index in [9.17, 15) is 14.4 Å². The number of hydrogen-bond acceptors (Lipinski definition) is 4. The maximum absolute atomic E-state index is 12.6. The molecule has 1 aliphatic heterocycles. The highest BCUT2D eigenvalue weighted by Crippen LogP contribution is 2.33. The Labute approximate surface area is 123 Å². The number of barbiturate groups is 1. The Morgan fingerprint density at radius 1 is 1.24 bits per heavy atom. The number of methoxy groups -OCH3 is 1. The van der Waals surface area contributed by atoms with Crippen molar-refractivity contribution < 1.29 is 19.1 Å². The number of carbonyl (C=O) groups is 3. The lowest BCUT2D eigenvalue weighted by atomic mass is 9.91. The van der Waals surface area contributed by atoms with E-state index in [-0.39, 0.29) is 5.92 Å². The molecule has 1 heterocycles. The first kappa shape index (κ1) is 15.0. The monoisotopic (exact) mass is 290 g/mol. The summed E-state index contributed by atoms with van der Waals surface area (Å²) in [7, 11) is 1.46. The van der Waals surface area contributed by atoms with Gasteiger partial charge in [-0.15, -0.1) is 0 Å². The van der Waals surface area contributed by atoms with Crippen LogP contribution in [-0.4, -0.2) is 25.0 Å². The molecule has 1 atom stereocenters. The zero-order valence-corrected chi connectivity index (χ0v) is 12.5. The number of aryl methyl sites for hydroxylation is 1. The molecule has 0 spiro atoms. The highest BCUT2D eigenvalue weighted by atomic mass is 16.5. The molecule has 2 rings (SSSR count). The third-order valence-corrected chi connectivity index (χ3v) is 3.44. The molecule has 1 fully saturated rings. The molecular weight excluding hydrogens is 272 g/mol. The van der Waals surface area contributed by atoms with E-state index in [0.717, 1.165) is 10.5 Å². The van der Waals surface area contributed by atoms with Crippen molar-refractivity contribution in [3.8, 4) is 5.75 Å². The van der Waals surface area contributed by atoms with Crippen molar-refractivity contribution >= 4 is 23.5 Å². The Hall–Kier alpha value is -2.37. The summed E-state index contributed by atoms with van der Waals surface area (Å²) in [6.45, 7) is 5.38. The van der Waals surface area contributed by atoms with E-state index in [1.54, 1.807) is 26.0 Å². The third-order valence-electron chi connectivity index (χ3n) is 3.44. The molecule has 6 heteroatoms. The molecule has 1 saturated heterocycles. The van der Waals surface area contributed by atoms with Gasteiger partial charge in [0.15, 0.2) is 0 Å². The number of urea groups is 1. The topological polar surface area (TPSA) is 75.7 Å². The molecule has 1 aliphatic rings. The van der Waals surface area contributed by atoms with Crippen LogP contribution in [0.25, 0.3) is 0 Å². The van der Waals surface area contributed by atoms with Gasteiger partial charge in [0.05, 0.1) is 12.8 Å². The van der Waals surface area contributed by atoms with Gasteiger partial charge in [-0.25, -0.2) is 9.69 Å². The minimum atomic E-state index is -0.882. The molecule has 0 aliphatic carbocycles. The Balaban J connectivity index is 2.51. The highest BCUT2D eigenvalue weighted by molar-refractivity contribution is 6.28. The van der Waals surface area contributed by atoms with E-state index in [1.807, 2.05) is 13.0 Å². The number of rotatable bonds is 3. The summed E-state index contributed by atoms with van der Waals surface area (Å²) in [5, 5.41) is 2.23. The van der Waals surface area contributed by atoms with Crippen LogP contribution in [0.15, 0.2) is 18.2 Å². The highest BCUT2D eigenvalue weighted by Gasteiger charge is 2.43. The number of nitrogens with zero attached hydrogens (tertiary/aromatic N) is 1. The summed E-state index contributed by atoms with van der Waals surface area (Å²) in [5.41, 5.74) is 1.22. The van der Waals surface area contributed by atoms with Gasteiger partial charge in [-0.2, -0.15) is 0 Å². The van der Waals surface area contributed by atoms with Crippen LogP contribution in [0.2, 0.25) is 0 Å². The number of imide groups is 2. The van der Waals surface area contributed by atoms with Gasteiger partial charge in [-0.05, 0) is 30.5 Å². The summed E-state index contributed by atoms with van der Waals surface area (Å²) in [6, 6.07) is 4.45. The van der Waals surface area contributed by atoms with Crippen LogP contribution in [0, 0.1) is 18.8 Å². The first-order chi connectivity index (χ1) is 9.86. The van der Waals surface area contributed by atoms with Crippen LogP contribution in [0.4, 0.5) is 10.5 Å². The Morgan fingerprint density at radius 2 is 1.90 bits per heavy atom. The van der Waals surface area contributed by atoms with Crippen molar-refractivity contribution in [2.45, 2.75) is 20.8 Å². The zero-order valence-electron chi connectivity index (χ0n) is 12.5. The maximum atomic E-state index is 12.6. The standard InChI is InChI=1S/C15H18N2O4/c1-8(2)12-13(18)16-15(20)17(14(12)19)10-7-9(3)5-6-11(10)21-4/h5-8,12H,1-4H3,(H,16,18,20). The molecule has 1 unspecified atom stereocenters. The van der Waals surface area contributed by atoms with Gasteiger partial charge in [0.25, 0.3) is 0 Å². The lowest BCUT2D eigenvalue weighted by Gasteiger charge is -2.32. The van der Waals surface area contributed by atoms with Gasteiger partial charge in [-0.1, -0.05) is 19.9 Å². The molecule has 21 heavy (non-hydrogen) atoms. The minimum absolute atomic E-state index is 0.205. The molecule has 4 amide bonds. The molecule has 0 saturated carbocycles. The average molecular weight is 290 g/mol. The smallest absolute Gasteiger partial charge is 0.335 e. The molecule has 1 aromatic rings. The molecule has 0 radical (unpaired) electrons. The van der Waals surface area contributed by atoms with Crippen LogP contribution >= 0.6 is 0 Å². The molecule has 112 valence electrons. The van der Waals surface area contributed by atoms with Crippen molar-refractivity contribution in [2.75, 3.05) is 12.0 Å². The van der Waals surface area contributed by atoms with Crippen LogP contribution in [-0.2, 0) is 9.59 Å². The lowest BCUT2D eigenvalue weighted by Crippen LogP contribution is -2.59. The quantitative estimate of drug-likeness (QED) is 0.862. The van der Waals surface area contributed by atoms with Crippen molar-refractivity contribution in [3.05, 3.63) is 23.8 Å². The predicted molar refractivity (Wildman–Crippen MR) is 77.1 cm³/mol. The summed E-state index contributed by atoms with van der Waals surface area (Å²) in [4.78, 5) is 37.5. The van der Waals surface area contributed by atoms with Gasteiger partial charge in [0, 0.05) is 0 Å². The zero-order chi connectivity index (χ0) is 15.7. The molecule has 1 aromatic carbocycles. The normalized spacial score (nSPS) is 19.0. The number of benzene rings is 1. The van der Waals surface area contributed by atoms with Crippen LogP contribution in [0.1, 0.15) is 19.4 Å². The van der Waals surface area contributed by atoms with Gasteiger partial charge < -0.3 is 4.74 Å². The molecule has 1 N–H and O–H groups in total. The summed E-state index contributed by atoms with van der Waals surface area (Å²) >= 11 is 0. The molecule has 0 aromatic heterocycles. The van der Waals surface area contributed by atoms with Gasteiger partial charge in [0.2, 0.25) is 11.8 Å². The van der Waals surface area contributed by atoms with E-state index in [0.29, 0.717) is 11.4 Å². The van der Waals surface area contributed by atoms with Crippen molar-refractivity contribution in [1.29, 1.82) is 0 Å². The Bertz CT molecular complexity index is 610. The number of anilines is 1. The number of nitrogens with one attached hydrogen (secondary N) is 1. The summed E-state index contributed by atoms with van der Waals surface area (Å²) < 4.78 is 5.21. The third kappa shape index (κ3) is 2.61. The number of carbonyl (C=O) groups excluding carboxylic acids is 3. The summed E-state index contributed by atoms with van der Waals surface area (Å²) in [6.07, 6.45) is 0. The fraction of sp³-hybridized carbons (Fsp3) is 0.400. The Kier molecular flexibility index (Phi) is 3.97. The van der Waals surface area contributed by atoms with E-state index in [1.165, 1.54) is 7.11 Å². The fourth-order valence-electron chi connectivity index (χ4n) is 2.38. The first-order valence-corrected chi connectivity index (χ1v) is 6.70. The van der Waals surface area contributed by atoms with E-state index < -0.39 is 23.8 Å². The largest absolute Gasteiger partial charge is 0.495 e. The van der Waals surface area contributed by atoms with Crippen LogP contribution in [0.5, 0.6) is 5.75 Å². The van der Waals surface area contributed by atoms with Gasteiger partial charge in [0.1, 0.15) is 11.7 Å². The molecule has 6 nitrogen and oxygen atoms in total. The SMILES string of the molecule is COc1ccc(C)cc1N1C(=O)NC(=O)C(C(C)C)C1=O. The van der Waals surface area contributed by atoms with Crippen molar-refractivity contribution in [2.24, 2.45) is 11.8 Å². The second kappa shape index (κ2) is 5.55. The van der Waals surface area contributed by atoms with E-state index in [2.05, 4.69) is 5.32 Å². The van der Waals surface area contributed by atoms with Crippen molar-refractivity contribution in [1.82, 2.24) is 5.32 Å². The van der Waals surface area contributed by atoms with Crippen molar-refractivity contribution in [3.63, 3.8) is 0 Å². The fourth-order valence-corrected chi connectivity index (χ4v) is 2.38. The van der Waals surface area contributed by atoms with E-state index in [4.69, 9.17) is 4.74 Å². The Morgan fingerprint density at radius 3 is 2.48 bits per heavy atom. The maximum Gasteiger partial charge on any atom is 0.335 e. The van der Waals surface area contributed by atoms with Crippen LogP contribution in [0.3, 0.4) is 0 Å². The number of amides is 4. The first-order valence-electron chi connectivity index (χ1n) is 6.70. The minimum Gasteiger partial charge on any atom is -0.495 e. The van der Waals surface area contributed by atoms with Gasteiger partial charge in [-0.3, -0.25) is 14.9 Å². The van der Waals surface area contributed by atoms with Gasteiger partial charge >= 0.3 is 6.03 Å². The molecular formula is C15H18N2O4.